The van der Waals surface area contributed by atoms with Crippen LogP contribution >= 0.6 is 15.9 Å². The SMILES string of the molecule is CCC(=O)NCC(=O)Nc1ccc(Br)cc1C(=O)c1ccccc1. The van der Waals surface area contributed by atoms with E-state index in [9.17, 15) is 14.4 Å². The van der Waals surface area contributed by atoms with Crippen LogP contribution in [0.2, 0.25) is 0 Å². The molecular weight excluding hydrogens is 372 g/mol. The Morgan fingerprint density at radius 3 is 2.38 bits per heavy atom. The summed E-state index contributed by atoms with van der Waals surface area (Å²) in [7, 11) is 0. The van der Waals surface area contributed by atoms with Gasteiger partial charge < -0.3 is 10.6 Å². The van der Waals surface area contributed by atoms with Gasteiger partial charge in [-0.1, -0.05) is 53.2 Å². The number of anilines is 1. The second-order valence-corrected chi connectivity index (χ2v) is 5.98. The van der Waals surface area contributed by atoms with Gasteiger partial charge in [-0.15, -0.1) is 0 Å². The van der Waals surface area contributed by atoms with Crippen molar-refractivity contribution in [3.05, 3.63) is 64.1 Å². The molecule has 0 saturated heterocycles. The van der Waals surface area contributed by atoms with Crippen LogP contribution in [0.3, 0.4) is 0 Å². The van der Waals surface area contributed by atoms with E-state index in [1.54, 1.807) is 49.4 Å². The molecule has 0 aliphatic carbocycles. The third-order valence-electron chi connectivity index (χ3n) is 3.30. The smallest absolute Gasteiger partial charge is 0.243 e. The Kier molecular flexibility index (Phi) is 6.26. The predicted octanol–water partition coefficient (Wildman–Crippen LogP) is 3.14. The van der Waals surface area contributed by atoms with Crippen molar-refractivity contribution in [3.63, 3.8) is 0 Å². The summed E-state index contributed by atoms with van der Waals surface area (Å²) in [6.45, 7) is 1.57. The predicted molar refractivity (Wildman–Crippen MR) is 95.9 cm³/mol. The van der Waals surface area contributed by atoms with Gasteiger partial charge in [-0.05, 0) is 18.2 Å². The first-order chi connectivity index (χ1) is 11.5. The van der Waals surface area contributed by atoms with Crippen LogP contribution in [-0.2, 0) is 9.59 Å². The molecule has 0 aliphatic rings. The van der Waals surface area contributed by atoms with E-state index in [2.05, 4.69) is 26.6 Å². The third kappa shape index (κ3) is 4.76. The average molecular weight is 389 g/mol. The molecule has 124 valence electrons. The van der Waals surface area contributed by atoms with Gasteiger partial charge in [0.25, 0.3) is 0 Å². The molecule has 0 spiro atoms. The van der Waals surface area contributed by atoms with Crippen LogP contribution in [0.1, 0.15) is 29.3 Å². The van der Waals surface area contributed by atoms with Crippen molar-refractivity contribution in [1.29, 1.82) is 0 Å². The lowest BCUT2D eigenvalue weighted by Crippen LogP contribution is -2.32. The molecule has 0 heterocycles. The number of benzene rings is 2. The summed E-state index contributed by atoms with van der Waals surface area (Å²) in [5.74, 6) is -0.785. The summed E-state index contributed by atoms with van der Waals surface area (Å²) >= 11 is 3.34. The Labute approximate surface area is 148 Å². The van der Waals surface area contributed by atoms with Gasteiger partial charge >= 0.3 is 0 Å². The lowest BCUT2D eigenvalue weighted by atomic mass is 10.0. The standard InChI is InChI=1S/C18H17BrN2O3/c1-2-16(22)20-11-17(23)21-15-9-8-13(19)10-14(15)18(24)12-6-4-3-5-7-12/h3-10H,2,11H2,1H3,(H,20,22)(H,21,23). The minimum Gasteiger partial charge on any atom is -0.347 e. The third-order valence-corrected chi connectivity index (χ3v) is 3.80. The molecule has 0 saturated carbocycles. The van der Waals surface area contributed by atoms with Gasteiger partial charge in [0.2, 0.25) is 11.8 Å². The van der Waals surface area contributed by atoms with Crippen molar-refractivity contribution in [2.45, 2.75) is 13.3 Å². The van der Waals surface area contributed by atoms with Crippen molar-refractivity contribution in [2.24, 2.45) is 0 Å². The first kappa shape index (κ1) is 17.9. The molecule has 0 radical (unpaired) electrons. The van der Waals surface area contributed by atoms with Gasteiger partial charge in [0.1, 0.15) is 0 Å². The van der Waals surface area contributed by atoms with Crippen molar-refractivity contribution < 1.29 is 14.4 Å². The molecule has 0 fully saturated rings. The number of amides is 2. The summed E-state index contributed by atoms with van der Waals surface area (Å²) in [5, 5.41) is 5.17. The molecule has 5 nitrogen and oxygen atoms in total. The molecular formula is C18H17BrN2O3. The average Bonchev–Trinajstić information content (AvgIpc) is 2.61. The van der Waals surface area contributed by atoms with E-state index in [1.165, 1.54) is 0 Å². The zero-order valence-corrected chi connectivity index (χ0v) is 14.7. The summed E-state index contributed by atoms with van der Waals surface area (Å²) < 4.78 is 0.735. The van der Waals surface area contributed by atoms with Crippen LogP contribution in [0.25, 0.3) is 0 Å². The van der Waals surface area contributed by atoms with Crippen LogP contribution in [0, 0.1) is 0 Å². The number of hydrogen-bond acceptors (Lipinski definition) is 3. The maximum atomic E-state index is 12.7. The van der Waals surface area contributed by atoms with Gasteiger partial charge in [0.15, 0.2) is 5.78 Å². The normalized spacial score (nSPS) is 10.1. The van der Waals surface area contributed by atoms with E-state index in [-0.39, 0.29) is 24.1 Å². The molecule has 0 bridgehead atoms. The minimum absolute atomic E-state index is 0.137. The fourth-order valence-electron chi connectivity index (χ4n) is 2.06. The van der Waals surface area contributed by atoms with Crippen LogP contribution in [0.4, 0.5) is 5.69 Å². The maximum absolute atomic E-state index is 12.7. The summed E-state index contributed by atoms with van der Waals surface area (Å²) in [6.07, 6.45) is 0.309. The number of nitrogens with one attached hydrogen (secondary N) is 2. The molecule has 24 heavy (non-hydrogen) atoms. The highest BCUT2D eigenvalue weighted by atomic mass is 79.9. The van der Waals surface area contributed by atoms with Crippen LogP contribution in [0.5, 0.6) is 0 Å². The largest absolute Gasteiger partial charge is 0.347 e. The van der Waals surface area contributed by atoms with Crippen molar-refractivity contribution in [3.8, 4) is 0 Å². The van der Waals surface area contributed by atoms with E-state index >= 15 is 0 Å². The number of hydrogen-bond donors (Lipinski definition) is 2. The molecule has 0 aromatic heterocycles. The minimum atomic E-state index is -0.388. The van der Waals surface area contributed by atoms with Gasteiger partial charge in [-0.25, -0.2) is 0 Å². The van der Waals surface area contributed by atoms with Crippen LogP contribution in [0.15, 0.2) is 53.0 Å². The molecule has 6 heteroatoms. The molecule has 2 aromatic rings. The monoisotopic (exact) mass is 388 g/mol. The molecule has 0 unspecified atom stereocenters. The Morgan fingerprint density at radius 1 is 1.00 bits per heavy atom. The zero-order valence-electron chi connectivity index (χ0n) is 13.1. The second-order valence-electron chi connectivity index (χ2n) is 5.06. The number of rotatable bonds is 6. The number of carbonyl (C=O) groups excluding carboxylic acids is 3. The number of halogens is 1. The Morgan fingerprint density at radius 2 is 1.71 bits per heavy atom. The van der Waals surface area contributed by atoms with Crippen LogP contribution < -0.4 is 10.6 Å². The molecule has 2 rings (SSSR count). The van der Waals surface area contributed by atoms with Gasteiger partial charge in [0.05, 0.1) is 12.2 Å². The molecule has 0 atom stereocenters. The first-order valence-corrected chi connectivity index (χ1v) is 8.26. The van der Waals surface area contributed by atoms with Crippen LogP contribution in [-0.4, -0.2) is 24.1 Å². The Bertz CT molecular complexity index is 760. The highest BCUT2D eigenvalue weighted by molar-refractivity contribution is 9.10. The molecule has 2 aromatic carbocycles. The Hall–Kier alpha value is -2.47. The number of ketones is 1. The highest BCUT2D eigenvalue weighted by Crippen LogP contribution is 2.24. The van der Waals surface area contributed by atoms with Crippen molar-refractivity contribution in [1.82, 2.24) is 5.32 Å². The summed E-state index contributed by atoms with van der Waals surface area (Å²) in [5.41, 5.74) is 1.32. The van der Waals surface area contributed by atoms with E-state index in [0.29, 0.717) is 23.2 Å². The highest BCUT2D eigenvalue weighted by Gasteiger charge is 2.16. The Balaban J connectivity index is 2.20. The van der Waals surface area contributed by atoms with E-state index in [1.807, 2.05) is 6.07 Å². The van der Waals surface area contributed by atoms with Gasteiger partial charge in [-0.3, -0.25) is 14.4 Å². The van der Waals surface area contributed by atoms with E-state index in [4.69, 9.17) is 0 Å². The second kappa shape index (κ2) is 8.40. The van der Waals surface area contributed by atoms with E-state index in [0.717, 1.165) is 4.47 Å². The van der Waals surface area contributed by atoms with Crippen molar-refractivity contribution in [2.75, 3.05) is 11.9 Å². The lowest BCUT2D eigenvalue weighted by molar-refractivity contribution is -0.123. The first-order valence-electron chi connectivity index (χ1n) is 7.47. The topological polar surface area (TPSA) is 75.3 Å². The molecule has 2 amide bonds. The van der Waals surface area contributed by atoms with Gasteiger partial charge in [-0.2, -0.15) is 0 Å². The zero-order chi connectivity index (χ0) is 17.5. The van der Waals surface area contributed by atoms with Gasteiger partial charge in [0, 0.05) is 22.0 Å². The summed E-state index contributed by atoms with van der Waals surface area (Å²) in [6, 6.07) is 13.9. The fourth-order valence-corrected chi connectivity index (χ4v) is 2.42. The fraction of sp³-hybridized carbons (Fsp3) is 0.167. The summed E-state index contributed by atoms with van der Waals surface area (Å²) in [4.78, 5) is 35.9. The molecule has 0 aliphatic heterocycles. The van der Waals surface area contributed by atoms with Crippen molar-refractivity contribution >= 4 is 39.2 Å². The quantitative estimate of drug-likeness (QED) is 0.746. The maximum Gasteiger partial charge on any atom is 0.243 e. The number of carbonyl (C=O) groups is 3. The lowest BCUT2D eigenvalue weighted by Gasteiger charge is -2.11. The molecule has 2 N–H and O–H groups in total. The van der Waals surface area contributed by atoms with E-state index < -0.39 is 0 Å².